The first-order valence-electron chi connectivity index (χ1n) is 5.17. The van der Waals surface area contributed by atoms with Gasteiger partial charge in [-0.05, 0) is 18.2 Å². The SMILES string of the molecule is CN(C)c1ccccc1-c1cccnc1N. The number of pyridine rings is 1. The first kappa shape index (κ1) is 10.5. The molecule has 1 heterocycles. The molecule has 0 atom stereocenters. The number of anilines is 2. The third-order valence-corrected chi connectivity index (χ3v) is 2.51. The Labute approximate surface area is 95.5 Å². The zero-order valence-corrected chi connectivity index (χ0v) is 9.51. The molecular weight excluding hydrogens is 198 g/mol. The molecule has 0 spiro atoms. The van der Waals surface area contributed by atoms with Crippen molar-refractivity contribution in [1.82, 2.24) is 4.98 Å². The van der Waals surface area contributed by atoms with E-state index in [1.165, 1.54) is 0 Å². The van der Waals surface area contributed by atoms with Gasteiger partial charge in [0, 0.05) is 37.1 Å². The summed E-state index contributed by atoms with van der Waals surface area (Å²) in [6, 6.07) is 12.0. The Morgan fingerprint density at radius 2 is 1.69 bits per heavy atom. The number of nitrogen functional groups attached to an aromatic ring is 1. The summed E-state index contributed by atoms with van der Waals surface area (Å²) in [5.41, 5.74) is 9.12. The normalized spacial score (nSPS) is 10.1. The van der Waals surface area contributed by atoms with Gasteiger partial charge in [0.2, 0.25) is 0 Å². The van der Waals surface area contributed by atoms with Crippen LogP contribution in [0, 0.1) is 0 Å². The lowest BCUT2D eigenvalue weighted by atomic mass is 10.0. The Bertz CT molecular complexity index is 492. The zero-order chi connectivity index (χ0) is 11.5. The van der Waals surface area contributed by atoms with Gasteiger partial charge in [-0.25, -0.2) is 4.98 Å². The Hall–Kier alpha value is -2.03. The van der Waals surface area contributed by atoms with Crippen LogP contribution in [-0.2, 0) is 0 Å². The summed E-state index contributed by atoms with van der Waals surface area (Å²) >= 11 is 0. The number of hydrogen-bond donors (Lipinski definition) is 1. The van der Waals surface area contributed by atoms with Crippen LogP contribution >= 0.6 is 0 Å². The second-order valence-electron chi connectivity index (χ2n) is 3.85. The minimum absolute atomic E-state index is 0.566. The number of benzene rings is 1. The maximum Gasteiger partial charge on any atom is 0.131 e. The van der Waals surface area contributed by atoms with Crippen LogP contribution in [0.15, 0.2) is 42.6 Å². The molecule has 0 fully saturated rings. The largest absolute Gasteiger partial charge is 0.383 e. The Kier molecular flexibility index (Phi) is 2.77. The average molecular weight is 213 g/mol. The second-order valence-corrected chi connectivity index (χ2v) is 3.85. The topological polar surface area (TPSA) is 42.2 Å². The van der Waals surface area contributed by atoms with Gasteiger partial charge in [0.25, 0.3) is 0 Å². The van der Waals surface area contributed by atoms with Crippen molar-refractivity contribution in [2.45, 2.75) is 0 Å². The Morgan fingerprint density at radius 3 is 2.38 bits per heavy atom. The third kappa shape index (κ3) is 1.84. The van der Waals surface area contributed by atoms with E-state index in [1.54, 1.807) is 6.20 Å². The Morgan fingerprint density at radius 1 is 1.00 bits per heavy atom. The molecule has 0 saturated carbocycles. The van der Waals surface area contributed by atoms with E-state index in [-0.39, 0.29) is 0 Å². The third-order valence-electron chi connectivity index (χ3n) is 2.51. The molecule has 1 aromatic heterocycles. The summed E-state index contributed by atoms with van der Waals surface area (Å²) < 4.78 is 0. The highest BCUT2D eigenvalue weighted by Gasteiger charge is 2.08. The number of rotatable bonds is 2. The molecule has 82 valence electrons. The molecule has 1 aromatic carbocycles. The number of aromatic nitrogens is 1. The molecule has 2 aromatic rings. The van der Waals surface area contributed by atoms with Crippen LogP contribution in [0.2, 0.25) is 0 Å². The molecule has 16 heavy (non-hydrogen) atoms. The number of nitrogens with two attached hydrogens (primary N) is 1. The fraction of sp³-hybridized carbons (Fsp3) is 0.154. The van der Waals surface area contributed by atoms with E-state index < -0.39 is 0 Å². The summed E-state index contributed by atoms with van der Waals surface area (Å²) in [6.45, 7) is 0. The number of nitrogens with zero attached hydrogens (tertiary/aromatic N) is 2. The van der Waals surface area contributed by atoms with E-state index in [0.29, 0.717) is 5.82 Å². The van der Waals surface area contributed by atoms with Gasteiger partial charge in [-0.3, -0.25) is 0 Å². The summed E-state index contributed by atoms with van der Waals surface area (Å²) in [7, 11) is 4.04. The summed E-state index contributed by atoms with van der Waals surface area (Å²) in [6.07, 6.45) is 1.71. The van der Waals surface area contributed by atoms with Crippen LogP contribution in [0.25, 0.3) is 11.1 Å². The number of para-hydroxylation sites is 1. The highest BCUT2D eigenvalue weighted by molar-refractivity contribution is 5.83. The van der Waals surface area contributed by atoms with Crippen LogP contribution in [0.1, 0.15) is 0 Å². The molecule has 3 nitrogen and oxygen atoms in total. The first-order valence-corrected chi connectivity index (χ1v) is 5.17. The fourth-order valence-corrected chi connectivity index (χ4v) is 1.74. The van der Waals surface area contributed by atoms with Gasteiger partial charge in [0.1, 0.15) is 5.82 Å². The number of hydrogen-bond acceptors (Lipinski definition) is 3. The first-order chi connectivity index (χ1) is 7.70. The van der Waals surface area contributed by atoms with Crippen LogP contribution in [0.5, 0.6) is 0 Å². The minimum atomic E-state index is 0.566. The smallest absolute Gasteiger partial charge is 0.131 e. The van der Waals surface area contributed by atoms with Crippen molar-refractivity contribution in [3.8, 4) is 11.1 Å². The predicted octanol–water partition coefficient (Wildman–Crippen LogP) is 2.40. The lowest BCUT2D eigenvalue weighted by Gasteiger charge is -2.17. The predicted molar refractivity (Wildman–Crippen MR) is 68.4 cm³/mol. The van der Waals surface area contributed by atoms with E-state index in [4.69, 9.17) is 5.73 Å². The monoisotopic (exact) mass is 213 g/mol. The van der Waals surface area contributed by atoms with Crippen LogP contribution < -0.4 is 10.6 Å². The van der Waals surface area contributed by atoms with Gasteiger partial charge in [-0.15, -0.1) is 0 Å². The van der Waals surface area contributed by atoms with Crippen molar-refractivity contribution >= 4 is 11.5 Å². The summed E-state index contributed by atoms with van der Waals surface area (Å²) in [5, 5.41) is 0. The van der Waals surface area contributed by atoms with Crippen LogP contribution in [0.3, 0.4) is 0 Å². The fourth-order valence-electron chi connectivity index (χ4n) is 1.74. The van der Waals surface area contributed by atoms with Gasteiger partial charge in [0.05, 0.1) is 0 Å². The average Bonchev–Trinajstić information content (AvgIpc) is 2.29. The molecule has 0 unspecified atom stereocenters. The standard InChI is InChI=1S/C13H15N3/c1-16(2)12-8-4-3-6-10(12)11-7-5-9-15-13(11)14/h3-9H,1-2H3,(H2,14,15). The molecule has 0 bridgehead atoms. The van der Waals surface area contributed by atoms with E-state index in [2.05, 4.69) is 22.0 Å². The highest BCUT2D eigenvalue weighted by Crippen LogP contribution is 2.31. The molecule has 2 N–H and O–H groups in total. The van der Waals surface area contributed by atoms with Crippen molar-refractivity contribution in [2.24, 2.45) is 0 Å². The molecule has 0 amide bonds. The molecule has 2 rings (SSSR count). The van der Waals surface area contributed by atoms with Crippen molar-refractivity contribution in [1.29, 1.82) is 0 Å². The molecule has 0 aliphatic heterocycles. The van der Waals surface area contributed by atoms with Gasteiger partial charge in [-0.2, -0.15) is 0 Å². The zero-order valence-electron chi connectivity index (χ0n) is 9.51. The van der Waals surface area contributed by atoms with Crippen molar-refractivity contribution in [2.75, 3.05) is 24.7 Å². The highest BCUT2D eigenvalue weighted by atomic mass is 15.1. The maximum absolute atomic E-state index is 5.89. The molecular formula is C13H15N3. The molecule has 0 radical (unpaired) electrons. The van der Waals surface area contributed by atoms with Crippen molar-refractivity contribution in [3.63, 3.8) is 0 Å². The maximum atomic E-state index is 5.89. The van der Waals surface area contributed by atoms with Gasteiger partial charge < -0.3 is 10.6 Å². The van der Waals surface area contributed by atoms with Crippen LogP contribution in [-0.4, -0.2) is 19.1 Å². The van der Waals surface area contributed by atoms with Crippen LogP contribution in [0.4, 0.5) is 11.5 Å². The van der Waals surface area contributed by atoms with E-state index in [9.17, 15) is 0 Å². The van der Waals surface area contributed by atoms with Gasteiger partial charge in [-0.1, -0.05) is 18.2 Å². The van der Waals surface area contributed by atoms with Gasteiger partial charge >= 0.3 is 0 Å². The van der Waals surface area contributed by atoms with E-state index in [1.807, 2.05) is 38.4 Å². The van der Waals surface area contributed by atoms with E-state index >= 15 is 0 Å². The lowest BCUT2D eigenvalue weighted by Crippen LogP contribution is -2.10. The Balaban J connectivity index is 2.60. The lowest BCUT2D eigenvalue weighted by molar-refractivity contribution is 1.13. The van der Waals surface area contributed by atoms with E-state index in [0.717, 1.165) is 16.8 Å². The summed E-state index contributed by atoms with van der Waals surface area (Å²) in [5.74, 6) is 0.566. The minimum Gasteiger partial charge on any atom is -0.383 e. The second kappa shape index (κ2) is 4.23. The molecule has 0 saturated heterocycles. The molecule has 3 heteroatoms. The van der Waals surface area contributed by atoms with Crippen molar-refractivity contribution in [3.05, 3.63) is 42.6 Å². The van der Waals surface area contributed by atoms with Crippen molar-refractivity contribution < 1.29 is 0 Å². The quantitative estimate of drug-likeness (QED) is 0.833. The van der Waals surface area contributed by atoms with Gasteiger partial charge in [0.15, 0.2) is 0 Å². The molecule has 0 aliphatic carbocycles. The summed E-state index contributed by atoms with van der Waals surface area (Å²) in [4.78, 5) is 6.19. The molecule has 0 aliphatic rings.